The lowest BCUT2D eigenvalue weighted by molar-refractivity contribution is 0.262. The summed E-state index contributed by atoms with van der Waals surface area (Å²) in [6, 6.07) is 24.9. The average Bonchev–Trinajstić information content (AvgIpc) is 3.49. The van der Waals surface area contributed by atoms with E-state index in [1.54, 1.807) is 23.3 Å². The number of urea groups is 1. The molecule has 11 nitrogen and oxygen atoms in total. The maximum absolute atomic E-state index is 13.4. The number of carbonyl (C=O) groups excluding carboxylic acids is 1. The maximum atomic E-state index is 13.4. The highest BCUT2D eigenvalue weighted by Gasteiger charge is 2.22. The number of hydrogen-bond donors (Lipinski definition) is 3. The third kappa shape index (κ3) is 7.36. The zero-order valence-electron chi connectivity index (χ0n) is 27.9. The number of pyridine rings is 1. The molecule has 0 saturated carbocycles. The lowest BCUT2D eigenvalue weighted by Crippen LogP contribution is -2.21. The fourth-order valence-electron chi connectivity index (χ4n) is 5.05. The van der Waals surface area contributed by atoms with Crippen LogP contribution in [0.15, 0.2) is 97.5 Å². The molecule has 244 valence electrons. The van der Waals surface area contributed by atoms with Gasteiger partial charge in [0.25, 0.3) is 0 Å². The molecule has 0 unspecified atom stereocenters. The van der Waals surface area contributed by atoms with Crippen LogP contribution in [-0.2, 0) is 12.0 Å². The second-order valence-electron chi connectivity index (χ2n) is 12.8. The average molecular weight is 642 g/mol. The molecular weight excluding hydrogens is 602 g/mol. The molecule has 48 heavy (non-hydrogen) atoms. The summed E-state index contributed by atoms with van der Waals surface area (Å²) in [5.41, 5.74) is 4.26. The summed E-state index contributed by atoms with van der Waals surface area (Å²) in [4.78, 5) is 28.5. The lowest BCUT2D eigenvalue weighted by Gasteiger charge is -2.15. The monoisotopic (exact) mass is 641 g/mol. The van der Waals surface area contributed by atoms with Crippen LogP contribution in [0, 0.1) is 6.92 Å². The van der Waals surface area contributed by atoms with Gasteiger partial charge in [-0.15, -0.1) is 0 Å². The molecule has 0 fully saturated rings. The number of ether oxygens (including phenoxy) is 1. The molecule has 3 aromatic carbocycles. The Kier molecular flexibility index (Phi) is 8.93. The SMILES string of the molecule is Cc1ccc(-n2nc(C(C)(C)C)cc2NC(=O)Nc2ccc(OCc3ccnc(Nc4cncc(N(C)C)n4)c3)c3ccccc23)cc1. The first-order valence-corrected chi connectivity index (χ1v) is 15.6. The van der Waals surface area contributed by atoms with Crippen LogP contribution >= 0.6 is 0 Å². The molecule has 3 heterocycles. The number of aromatic nitrogens is 5. The summed E-state index contributed by atoms with van der Waals surface area (Å²) < 4.78 is 8.06. The van der Waals surface area contributed by atoms with Crippen molar-refractivity contribution in [2.45, 2.75) is 39.7 Å². The van der Waals surface area contributed by atoms with Gasteiger partial charge in [-0.1, -0.05) is 62.7 Å². The number of fused-ring (bicyclic) bond motifs is 1. The second-order valence-corrected chi connectivity index (χ2v) is 12.8. The quantitative estimate of drug-likeness (QED) is 0.146. The zero-order chi connectivity index (χ0) is 33.8. The van der Waals surface area contributed by atoms with Crippen molar-refractivity contribution in [1.29, 1.82) is 0 Å². The molecule has 11 heteroatoms. The molecule has 2 amide bonds. The topological polar surface area (TPSA) is 122 Å². The largest absolute Gasteiger partial charge is 0.488 e. The molecule has 0 saturated heterocycles. The van der Waals surface area contributed by atoms with E-state index in [4.69, 9.17) is 9.84 Å². The molecule has 6 rings (SSSR count). The van der Waals surface area contributed by atoms with Crippen LogP contribution < -0.4 is 25.6 Å². The Bertz CT molecular complexity index is 2060. The molecule has 6 aromatic rings. The van der Waals surface area contributed by atoms with Crippen molar-refractivity contribution in [3.63, 3.8) is 0 Å². The normalized spacial score (nSPS) is 11.3. The number of hydrogen-bond acceptors (Lipinski definition) is 8. The predicted octanol–water partition coefficient (Wildman–Crippen LogP) is 7.85. The Labute approximate surface area is 280 Å². The minimum Gasteiger partial charge on any atom is -0.488 e. The van der Waals surface area contributed by atoms with Crippen LogP contribution in [0.25, 0.3) is 16.5 Å². The van der Waals surface area contributed by atoms with Crippen molar-refractivity contribution in [1.82, 2.24) is 24.7 Å². The Balaban J connectivity index is 1.18. The third-order valence-electron chi connectivity index (χ3n) is 7.69. The van der Waals surface area contributed by atoms with Crippen LogP contribution in [0.1, 0.15) is 37.6 Å². The minimum atomic E-state index is -0.375. The van der Waals surface area contributed by atoms with Gasteiger partial charge in [0.15, 0.2) is 5.82 Å². The van der Waals surface area contributed by atoms with Gasteiger partial charge in [0.2, 0.25) is 0 Å². The molecule has 0 aliphatic rings. The van der Waals surface area contributed by atoms with Crippen LogP contribution in [0.2, 0.25) is 0 Å². The van der Waals surface area contributed by atoms with E-state index >= 15 is 0 Å². The summed E-state index contributed by atoms with van der Waals surface area (Å²) in [5, 5.41) is 15.8. The summed E-state index contributed by atoms with van der Waals surface area (Å²) >= 11 is 0. The van der Waals surface area contributed by atoms with Crippen LogP contribution in [0.3, 0.4) is 0 Å². The van der Waals surface area contributed by atoms with E-state index < -0.39 is 0 Å². The molecular formula is C37H39N9O2. The predicted molar refractivity (Wildman–Crippen MR) is 192 cm³/mol. The van der Waals surface area contributed by atoms with Gasteiger partial charge in [-0.25, -0.2) is 19.4 Å². The van der Waals surface area contributed by atoms with Gasteiger partial charge in [0.05, 0.1) is 29.5 Å². The van der Waals surface area contributed by atoms with Crippen LogP contribution in [0.4, 0.5) is 33.8 Å². The first-order valence-electron chi connectivity index (χ1n) is 15.6. The van der Waals surface area contributed by atoms with E-state index in [1.165, 1.54) is 0 Å². The number of nitrogens with one attached hydrogen (secondary N) is 3. The smallest absolute Gasteiger partial charge is 0.324 e. The summed E-state index contributed by atoms with van der Waals surface area (Å²) in [6.45, 7) is 8.65. The van der Waals surface area contributed by atoms with Gasteiger partial charge in [-0.3, -0.25) is 10.3 Å². The number of aryl methyl sites for hydroxylation is 1. The summed E-state index contributed by atoms with van der Waals surface area (Å²) in [5.74, 6) is 3.24. The van der Waals surface area contributed by atoms with E-state index in [2.05, 4.69) is 51.7 Å². The number of carbonyl (C=O) groups is 1. The molecule has 0 aliphatic carbocycles. The number of nitrogens with zero attached hydrogens (tertiary/aromatic N) is 6. The van der Waals surface area contributed by atoms with Gasteiger partial charge in [-0.2, -0.15) is 5.10 Å². The van der Waals surface area contributed by atoms with E-state index in [-0.39, 0.29) is 11.4 Å². The van der Waals surface area contributed by atoms with Crippen molar-refractivity contribution in [3.05, 3.63) is 114 Å². The Morgan fingerprint density at radius 3 is 2.42 bits per heavy atom. The van der Waals surface area contributed by atoms with E-state index in [0.29, 0.717) is 35.5 Å². The number of rotatable bonds is 9. The van der Waals surface area contributed by atoms with Crippen molar-refractivity contribution >= 4 is 45.8 Å². The lowest BCUT2D eigenvalue weighted by atomic mass is 9.92. The Morgan fingerprint density at radius 1 is 0.896 bits per heavy atom. The fraction of sp³-hybridized carbons (Fsp3) is 0.216. The third-order valence-corrected chi connectivity index (χ3v) is 7.69. The Morgan fingerprint density at radius 2 is 1.67 bits per heavy atom. The van der Waals surface area contributed by atoms with Gasteiger partial charge in [-0.05, 0) is 48.9 Å². The van der Waals surface area contributed by atoms with E-state index in [9.17, 15) is 4.79 Å². The summed E-state index contributed by atoms with van der Waals surface area (Å²) in [7, 11) is 3.83. The Hall–Kier alpha value is -5.97. The molecule has 0 bridgehead atoms. The zero-order valence-corrected chi connectivity index (χ0v) is 27.9. The molecule has 0 atom stereocenters. The first kappa shape index (κ1) is 32.0. The van der Waals surface area contributed by atoms with Crippen LogP contribution in [-0.4, -0.2) is 44.9 Å². The molecule has 0 radical (unpaired) electrons. The van der Waals surface area contributed by atoms with E-state index in [1.807, 2.05) is 105 Å². The summed E-state index contributed by atoms with van der Waals surface area (Å²) in [6.07, 6.45) is 5.08. The van der Waals surface area contributed by atoms with Crippen molar-refractivity contribution < 1.29 is 9.53 Å². The number of amides is 2. The van der Waals surface area contributed by atoms with Crippen molar-refractivity contribution in [2.75, 3.05) is 34.9 Å². The minimum absolute atomic E-state index is 0.199. The number of anilines is 5. The van der Waals surface area contributed by atoms with Gasteiger partial charge in [0.1, 0.15) is 29.8 Å². The maximum Gasteiger partial charge on any atom is 0.324 e. The highest BCUT2D eigenvalue weighted by molar-refractivity contribution is 6.07. The van der Waals surface area contributed by atoms with Gasteiger partial charge < -0.3 is 20.3 Å². The molecule has 0 aliphatic heterocycles. The fourth-order valence-corrected chi connectivity index (χ4v) is 5.05. The first-order chi connectivity index (χ1) is 23.0. The second kappa shape index (κ2) is 13.4. The van der Waals surface area contributed by atoms with Crippen LogP contribution in [0.5, 0.6) is 5.75 Å². The molecule has 3 aromatic heterocycles. The standard InChI is InChI=1S/C37H39N9O2/c1-24-11-13-26(14-12-24)46-34(20-31(44-46)37(2,3)4)43-36(47)40-29-15-16-30(28-10-8-7-9-27(28)29)48-23-25-17-18-39-32(19-25)41-33-21-38-22-35(42-33)45(5)6/h7-22H,23H2,1-6H3,(H,39,41,42)(H2,40,43,47). The highest BCUT2D eigenvalue weighted by Crippen LogP contribution is 2.33. The van der Waals surface area contributed by atoms with Crippen molar-refractivity contribution in [3.8, 4) is 11.4 Å². The highest BCUT2D eigenvalue weighted by atomic mass is 16.5. The van der Waals surface area contributed by atoms with E-state index in [0.717, 1.165) is 39.1 Å². The number of benzene rings is 3. The van der Waals surface area contributed by atoms with Gasteiger partial charge in [0, 0.05) is 42.5 Å². The molecule has 3 N–H and O–H groups in total. The van der Waals surface area contributed by atoms with Gasteiger partial charge >= 0.3 is 6.03 Å². The molecule has 0 spiro atoms. The van der Waals surface area contributed by atoms with Crippen molar-refractivity contribution in [2.24, 2.45) is 0 Å².